The molecule has 128 valence electrons. The standard InChI is InChI=1S/C8H14O6Si.C7H8O/c1-5-15(12-6(2)9,13-7(3)10)14-8(4)11;1-8-7-5-3-2-4-6-7/h5H2,1-4H3;2-6H,1H3. The van der Waals surface area contributed by atoms with Crippen molar-refractivity contribution in [2.75, 3.05) is 7.11 Å². The Kier molecular flexibility index (Phi) is 9.32. The molecule has 0 amide bonds. The Balaban J connectivity index is 0.000000502. The van der Waals surface area contributed by atoms with E-state index < -0.39 is 26.7 Å². The zero-order chi connectivity index (χ0) is 17.9. The molecule has 0 saturated carbocycles. The van der Waals surface area contributed by atoms with Gasteiger partial charge in [-0.3, -0.25) is 14.4 Å². The van der Waals surface area contributed by atoms with Crippen LogP contribution in [0, 0.1) is 0 Å². The van der Waals surface area contributed by atoms with Crippen LogP contribution < -0.4 is 4.74 Å². The molecule has 1 aromatic carbocycles. The van der Waals surface area contributed by atoms with Crippen molar-refractivity contribution in [1.82, 2.24) is 0 Å². The first-order valence-electron chi connectivity index (χ1n) is 6.92. The summed E-state index contributed by atoms with van der Waals surface area (Å²) in [6, 6.07) is 9.84. The fraction of sp³-hybridized carbons (Fsp3) is 0.400. The van der Waals surface area contributed by atoms with Crippen molar-refractivity contribution in [2.24, 2.45) is 0 Å². The molecule has 23 heavy (non-hydrogen) atoms. The van der Waals surface area contributed by atoms with Gasteiger partial charge in [-0.05, 0) is 12.1 Å². The molecular formula is C15H22O7Si. The maximum Gasteiger partial charge on any atom is 0.704 e. The third kappa shape index (κ3) is 9.30. The molecule has 0 atom stereocenters. The maximum absolute atomic E-state index is 10.8. The molecule has 0 heterocycles. The number of hydrogen-bond acceptors (Lipinski definition) is 7. The minimum absolute atomic E-state index is 0.158. The predicted molar refractivity (Wildman–Crippen MR) is 84.5 cm³/mol. The van der Waals surface area contributed by atoms with E-state index in [0.29, 0.717) is 0 Å². The van der Waals surface area contributed by atoms with Crippen molar-refractivity contribution >= 4 is 26.7 Å². The largest absolute Gasteiger partial charge is 0.704 e. The summed E-state index contributed by atoms with van der Waals surface area (Å²) in [4.78, 5) is 32.4. The average Bonchev–Trinajstić information content (AvgIpc) is 2.46. The number of para-hydroxylation sites is 1. The van der Waals surface area contributed by atoms with Crippen molar-refractivity contribution in [3.05, 3.63) is 30.3 Å². The van der Waals surface area contributed by atoms with Crippen LogP contribution in [0.5, 0.6) is 5.75 Å². The normalized spacial score (nSPS) is 9.78. The van der Waals surface area contributed by atoms with Gasteiger partial charge in [-0.25, -0.2) is 0 Å². The van der Waals surface area contributed by atoms with Gasteiger partial charge in [0.15, 0.2) is 0 Å². The first kappa shape index (κ1) is 20.6. The van der Waals surface area contributed by atoms with Gasteiger partial charge in [0.25, 0.3) is 17.9 Å². The van der Waals surface area contributed by atoms with Crippen LogP contribution in [0.4, 0.5) is 0 Å². The second kappa shape index (κ2) is 10.4. The van der Waals surface area contributed by atoms with Gasteiger partial charge in [-0.15, -0.1) is 0 Å². The lowest BCUT2D eigenvalue weighted by atomic mass is 10.3. The number of benzene rings is 1. The molecule has 0 spiro atoms. The lowest BCUT2D eigenvalue weighted by Crippen LogP contribution is -2.48. The highest BCUT2D eigenvalue weighted by molar-refractivity contribution is 6.65. The molecule has 0 aliphatic carbocycles. The van der Waals surface area contributed by atoms with Crippen LogP contribution in [0.15, 0.2) is 30.3 Å². The van der Waals surface area contributed by atoms with Crippen molar-refractivity contribution in [3.63, 3.8) is 0 Å². The molecular weight excluding hydrogens is 320 g/mol. The molecule has 0 fully saturated rings. The van der Waals surface area contributed by atoms with Gasteiger partial charge >= 0.3 is 8.80 Å². The Morgan fingerprint density at radius 3 is 1.48 bits per heavy atom. The average molecular weight is 342 g/mol. The molecule has 0 saturated heterocycles. The van der Waals surface area contributed by atoms with E-state index in [-0.39, 0.29) is 6.04 Å². The van der Waals surface area contributed by atoms with Crippen molar-refractivity contribution in [2.45, 2.75) is 33.7 Å². The zero-order valence-corrected chi connectivity index (χ0v) is 15.0. The molecule has 7 nitrogen and oxygen atoms in total. The summed E-state index contributed by atoms with van der Waals surface area (Å²) in [7, 11) is -1.85. The van der Waals surface area contributed by atoms with Crippen LogP contribution in [0.1, 0.15) is 27.7 Å². The van der Waals surface area contributed by atoms with Crippen LogP contribution in [0.2, 0.25) is 6.04 Å². The minimum atomic E-state index is -3.51. The highest BCUT2D eigenvalue weighted by atomic mass is 28.4. The molecule has 0 N–H and O–H groups in total. The minimum Gasteiger partial charge on any atom is -0.497 e. The summed E-state index contributed by atoms with van der Waals surface area (Å²) in [6.07, 6.45) is 0. The Morgan fingerprint density at radius 1 is 0.870 bits per heavy atom. The SMILES string of the molecule is CC[Si](OC(C)=O)(OC(C)=O)OC(C)=O.COc1ccccc1. The summed E-state index contributed by atoms with van der Waals surface area (Å²) in [5.74, 6) is -1.03. The second-order valence-corrected chi connectivity index (χ2v) is 7.02. The highest BCUT2D eigenvalue weighted by Crippen LogP contribution is 2.16. The number of hydrogen-bond donors (Lipinski definition) is 0. The molecule has 0 aromatic heterocycles. The molecule has 0 aliphatic rings. The Hall–Kier alpha value is -2.35. The highest BCUT2D eigenvalue weighted by Gasteiger charge is 2.49. The van der Waals surface area contributed by atoms with E-state index in [1.165, 1.54) is 0 Å². The molecule has 0 bridgehead atoms. The number of rotatable bonds is 5. The lowest BCUT2D eigenvalue weighted by Gasteiger charge is -2.24. The lowest BCUT2D eigenvalue weighted by molar-refractivity contribution is -0.147. The molecule has 1 aromatic rings. The van der Waals surface area contributed by atoms with Crippen molar-refractivity contribution in [3.8, 4) is 5.75 Å². The predicted octanol–water partition coefficient (Wildman–Crippen LogP) is 2.33. The smallest absolute Gasteiger partial charge is 0.497 e. The Bertz CT molecular complexity index is 475. The summed E-state index contributed by atoms with van der Waals surface area (Å²) in [5, 5.41) is 0. The second-order valence-electron chi connectivity index (χ2n) is 4.33. The quantitative estimate of drug-likeness (QED) is 0.759. The first-order chi connectivity index (χ1) is 10.7. The van der Waals surface area contributed by atoms with E-state index in [9.17, 15) is 14.4 Å². The van der Waals surface area contributed by atoms with Gasteiger partial charge in [0, 0.05) is 20.8 Å². The molecule has 8 heteroatoms. The van der Waals surface area contributed by atoms with Crippen molar-refractivity contribution in [1.29, 1.82) is 0 Å². The first-order valence-corrected chi connectivity index (χ1v) is 8.85. The summed E-state index contributed by atoms with van der Waals surface area (Å²) < 4.78 is 19.4. The van der Waals surface area contributed by atoms with Gasteiger partial charge < -0.3 is 18.0 Å². The van der Waals surface area contributed by atoms with Crippen LogP contribution in [0.3, 0.4) is 0 Å². The Morgan fingerprint density at radius 2 is 1.26 bits per heavy atom. The number of carbonyl (C=O) groups excluding carboxylic acids is 3. The van der Waals surface area contributed by atoms with E-state index in [1.54, 1.807) is 14.0 Å². The summed E-state index contributed by atoms with van der Waals surface area (Å²) in [6.45, 7) is 5.08. The molecule has 0 unspecified atom stereocenters. The van der Waals surface area contributed by atoms with E-state index in [0.717, 1.165) is 26.5 Å². The topological polar surface area (TPSA) is 88.1 Å². The van der Waals surface area contributed by atoms with Gasteiger partial charge in [-0.1, -0.05) is 25.1 Å². The third-order valence-corrected chi connectivity index (χ3v) is 4.97. The fourth-order valence-electron chi connectivity index (χ4n) is 1.49. The van der Waals surface area contributed by atoms with Gasteiger partial charge in [0.05, 0.1) is 13.2 Å². The molecule has 0 radical (unpaired) electrons. The van der Waals surface area contributed by atoms with Gasteiger partial charge in [-0.2, -0.15) is 0 Å². The zero-order valence-electron chi connectivity index (χ0n) is 14.0. The maximum atomic E-state index is 10.8. The van der Waals surface area contributed by atoms with Crippen LogP contribution in [-0.4, -0.2) is 33.8 Å². The van der Waals surface area contributed by atoms with E-state index in [2.05, 4.69) is 0 Å². The third-order valence-electron chi connectivity index (χ3n) is 2.31. The molecule has 0 aliphatic heterocycles. The monoisotopic (exact) mass is 342 g/mol. The van der Waals surface area contributed by atoms with Crippen LogP contribution in [0.25, 0.3) is 0 Å². The van der Waals surface area contributed by atoms with E-state index in [1.807, 2.05) is 30.3 Å². The summed E-state index contributed by atoms with van der Waals surface area (Å²) >= 11 is 0. The van der Waals surface area contributed by atoms with Crippen molar-refractivity contribution < 1.29 is 32.4 Å². The summed E-state index contributed by atoms with van der Waals surface area (Å²) in [5.41, 5.74) is 0. The van der Waals surface area contributed by atoms with Crippen LogP contribution >= 0.6 is 0 Å². The number of methoxy groups -OCH3 is 1. The van der Waals surface area contributed by atoms with E-state index >= 15 is 0 Å². The number of carbonyl (C=O) groups is 3. The van der Waals surface area contributed by atoms with Gasteiger partial charge in [0.1, 0.15) is 5.75 Å². The Labute approximate surface area is 136 Å². The van der Waals surface area contributed by atoms with Gasteiger partial charge in [0.2, 0.25) is 0 Å². The molecule has 1 rings (SSSR count). The van der Waals surface area contributed by atoms with Crippen LogP contribution in [-0.2, 0) is 27.7 Å². The van der Waals surface area contributed by atoms with E-state index in [4.69, 9.17) is 18.0 Å². The number of ether oxygens (including phenoxy) is 1. The fourth-order valence-corrected chi connectivity index (χ4v) is 3.36.